The molecule has 1 atom stereocenters. The van der Waals surface area contributed by atoms with Crippen molar-refractivity contribution in [3.8, 4) is 5.75 Å². The average molecular weight is 554 g/mol. The number of amides is 1. The van der Waals surface area contributed by atoms with Crippen molar-refractivity contribution in [1.82, 2.24) is 4.90 Å². The van der Waals surface area contributed by atoms with Crippen LogP contribution in [0.2, 0.25) is 0 Å². The van der Waals surface area contributed by atoms with Crippen molar-refractivity contribution in [2.45, 2.75) is 43.5 Å². The monoisotopic (exact) mass is 553 g/mol. The molecular formula is C21H23BrF3NO6S. The van der Waals surface area contributed by atoms with Gasteiger partial charge in [0.1, 0.15) is 16.2 Å². The fraction of sp³-hybridized carbons (Fsp3) is 0.381. The van der Waals surface area contributed by atoms with E-state index in [9.17, 15) is 31.5 Å². The number of rotatable bonds is 6. The second-order valence-electron chi connectivity index (χ2n) is 8.12. The second kappa shape index (κ2) is 9.90. The molecule has 1 amide bonds. The molecule has 0 heterocycles. The Balaban J connectivity index is 2.16. The van der Waals surface area contributed by atoms with E-state index in [1.165, 1.54) is 36.2 Å². The molecule has 0 fully saturated rings. The van der Waals surface area contributed by atoms with Crippen molar-refractivity contribution in [1.29, 1.82) is 0 Å². The maximum atomic E-state index is 13.3. The standard InChI is InChI=1S/C21H23BrF3NO6S/c1-20(2,3)31-19(28)26(4)12-17(27)13-5-8-15(9-6-13)32-33(29,30)18-10-7-14(22)11-16(18)21(23,24)25/h5-11,17,27H,12H2,1-4H3. The molecule has 0 saturated heterocycles. The number of hydrogen-bond acceptors (Lipinski definition) is 6. The van der Waals surface area contributed by atoms with Gasteiger partial charge in [-0.05, 0) is 56.7 Å². The van der Waals surface area contributed by atoms with Crippen LogP contribution in [0.25, 0.3) is 0 Å². The lowest BCUT2D eigenvalue weighted by Gasteiger charge is -2.26. The number of nitrogens with zero attached hydrogens (tertiary/aromatic N) is 1. The lowest BCUT2D eigenvalue weighted by molar-refractivity contribution is -0.140. The van der Waals surface area contributed by atoms with E-state index in [2.05, 4.69) is 15.9 Å². The molecule has 12 heteroatoms. The van der Waals surface area contributed by atoms with Crippen molar-refractivity contribution >= 4 is 32.1 Å². The Morgan fingerprint density at radius 3 is 2.21 bits per heavy atom. The normalized spacial score (nSPS) is 13.4. The molecule has 0 aliphatic heterocycles. The Hall–Kier alpha value is -2.31. The van der Waals surface area contributed by atoms with Crippen molar-refractivity contribution < 1.29 is 40.4 Å². The molecule has 33 heavy (non-hydrogen) atoms. The Morgan fingerprint density at radius 1 is 1.12 bits per heavy atom. The third-order valence-electron chi connectivity index (χ3n) is 4.14. The van der Waals surface area contributed by atoms with Crippen molar-refractivity contribution in [3.63, 3.8) is 0 Å². The van der Waals surface area contributed by atoms with Gasteiger partial charge in [-0.3, -0.25) is 0 Å². The summed E-state index contributed by atoms with van der Waals surface area (Å²) in [5, 5.41) is 10.4. The van der Waals surface area contributed by atoms with Gasteiger partial charge in [-0.15, -0.1) is 0 Å². The summed E-state index contributed by atoms with van der Waals surface area (Å²) in [6, 6.07) is 7.66. The van der Waals surface area contributed by atoms with Gasteiger partial charge in [0.15, 0.2) is 0 Å². The summed E-state index contributed by atoms with van der Waals surface area (Å²) in [6.45, 7) is 5.00. The summed E-state index contributed by atoms with van der Waals surface area (Å²) in [5.41, 5.74) is -1.74. The predicted octanol–water partition coefficient (Wildman–Crippen LogP) is 5.14. The molecule has 0 aliphatic rings. The van der Waals surface area contributed by atoms with Crippen molar-refractivity contribution in [2.24, 2.45) is 0 Å². The lowest BCUT2D eigenvalue weighted by atomic mass is 10.1. The van der Waals surface area contributed by atoms with Gasteiger partial charge < -0.3 is 18.9 Å². The van der Waals surface area contributed by atoms with Gasteiger partial charge in [0.25, 0.3) is 0 Å². The molecule has 2 aromatic carbocycles. The fourth-order valence-electron chi connectivity index (χ4n) is 2.64. The van der Waals surface area contributed by atoms with Gasteiger partial charge in [-0.1, -0.05) is 28.1 Å². The van der Waals surface area contributed by atoms with Crippen LogP contribution in [0.4, 0.5) is 18.0 Å². The molecule has 1 unspecified atom stereocenters. The highest BCUT2D eigenvalue weighted by Crippen LogP contribution is 2.37. The highest BCUT2D eigenvalue weighted by atomic mass is 79.9. The van der Waals surface area contributed by atoms with Crippen LogP contribution >= 0.6 is 15.9 Å². The number of likely N-dealkylation sites (N-methyl/N-ethyl adjacent to an activating group) is 1. The number of aliphatic hydroxyl groups excluding tert-OH is 1. The Morgan fingerprint density at radius 2 is 1.70 bits per heavy atom. The van der Waals surface area contributed by atoms with Crippen LogP contribution in [0.3, 0.4) is 0 Å². The van der Waals surface area contributed by atoms with Gasteiger partial charge in [-0.25, -0.2) is 4.79 Å². The van der Waals surface area contributed by atoms with E-state index in [-0.39, 0.29) is 16.8 Å². The zero-order valence-corrected chi connectivity index (χ0v) is 20.6. The third kappa shape index (κ3) is 7.61. The predicted molar refractivity (Wildman–Crippen MR) is 117 cm³/mol. The van der Waals surface area contributed by atoms with E-state index in [0.717, 1.165) is 12.1 Å². The maximum absolute atomic E-state index is 13.3. The maximum Gasteiger partial charge on any atom is 0.417 e. The molecule has 1 N–H and O–H groups in total. The molecule has 2 aromatic rings. The van der Waals surface area contributed by atoms with Gasteiger partial charge in [-0.2, -0.15) is 21.6 Å². The van der Waals surface area contributed by atoms with Crippen LogP contribution in [0.15, 0.2) is 51.8 Å². The minimum atomic E-state index is -4.91. The summed E-state index contributed by atoms with van der Waals surface area (Å²) in [6.07, 6.45) is -6.68. The van der Waals surface area contributed by atoms with Crippen molar-refractivity contribution in [3.05, 3.63) is 58.1 Å². The average Bonchev–Trinajstić information content (AvgIpc) is 2.65. The molecular weight excluding hydrogens is 531 g/mol. The Labute approximate surface area is 198 Å². The number of carbonyl (C=O) groups is 1. The summed E-state index contributed by atoms with van der Waals surface area (Å²) >= 11 is 2.89. The first-order valence-corrected chi connectivity index (χ1v) is 11.7. The minimum absolute atomic E-state index is 0.0588. The van der Waals surface area contributed by atoms with Crippen LogP contribution in [-0.4, -0.2) is 43.7 Å². The summed E-state index contributed by atoms with van der Waals surface area (Å²) in [5.74, 6) is -0.248. The molecule has 0 bridgehead atoms. The first-order chi connectivity index (χ1) is 15.0. The first kappa shape index (κ1) is 26.9. The van der Waals surface area contributed by atoms with E-state index in [1.807, 2.05) is 0 Å². The SMILES string of the molecule is CN(CC(O)c1ccc(OS(=O)(=O)c2ccc(Br)cc2C(F)(F)F)cc1)C(=O)OC(C)(C)C. The minimum Gasteiger partial charge on any atom is -0.444 e. The third-order valence-corrected chi connectivity index (χ3v) is 5.94. The lowest BCUT2D eigenvalue weighted by Crippen LogP contribution is -2.36. The molecule has 182 valence electrons. The molecule has 7 nitrogen and oxygen atoms in total. The largest absolute Gasteiger partial charge is 0.444 e. The number of ether oxygens (including phenoxy) is 1. The van der Waals surface area contributed by atoms with Crippen LogP contribution in [0.1, 0.15) is 38.0 Å². The number of hydrogen-bond donors (Lipinski definition) is 1. The van der Waals surface area contributed by atoms with Crippen LogP contribution in [-0.2, 0) is 21.0 Å². The topological polar surface area (TPSA) is 93.1 Å². The molecule has 0 saturated carbocycles. The molecule has 0 radical (unpaired) electrons. The van der Waals surface area contributed by atoms with Gasteiger partial charge in [0, 0.05) is 11.5 Å². The van der Waals surface area contributed by atoms with Gasteiger partial charge >= 0.3 is 22.4 Å². The number of alkyl halides is 3. The quantitative estimate of drug-likeness (QED) is 0.498. The highest BCUT2D eigenvalue weighted by molar-refractivity contribution is 9.10. The zero-order valence-electron chi connectivity index (χ0n) is 18.2. The van der Waals surface area contributed by atoms with E-state index in [0.29, 0.717) is 11.6 Å². The molecule has 0 aromatic heterocycles. The van der Waals surface area contributed by atoms with E-state index < -0.39 is 44.6 Å². The second-order valence-corrected chi connectivity index (χ2v) is 10.6. The van der Waals surface area contributed by atoms with E-state index >= 15 is 0 Å². The number of carbonyl (C=O) groups excluding carboxylic acids is 1. The fourth-order valence-corrected chi connectivity index (χ4v) is 4.13. The Kier molecular flexibility index (Phi) is 8.08. The number of halogens is 4. The van der Waals surface area contributed by atoms with Gasteiger partial charge in [0.2, 0.25) is 0 Å². The molecule has 0 aliphatic carbocycles. The Bertz CT molecular complexity index is 1100. The first-order valence-electron chi connectivity index (χ1n) is 9.53. The van der Waals surface area contributed by atoms with Crippen molar-refractivity contribution in [2.75, 3.05) is 13.6 Å². The van der Waals surface area contributed by atoms with Gasteiger partial charge in [0.05, 0.1) is 18.2 Å². The van der Waals surface area contributed by atoms with E-state index in [1.54, 1.807) is 20.8 Å². The van der Waals surface area contributed by atoms with Crippen LogP contribution in [0, 0.1) is 0 Å². The van der Waals surface area contributed by atoms with Crippen LogP contribution < -0.4 is 4.18 Å². The molecule has 0 spiro atoms. The zero-order chi connectivity index (χ0) is 25.2. The number of benzene rings is 2. The van der Waals surface area contributed by atoms with E-state index in [4.69, 9.17) is 8.92 Å². The number of aliphatic hydroxyl groups is 1. The summed E-state index contributed by atoms with van der Waals surface area (Å²) in [7, 11) is -3.36. The summed E-state index contributed by atoms with van der Waals surface area (Å²) < 4.78 is 75.0. The smallest absolute Gasteiger partial charge is 0.417 e. The van der Waals surface area contributed by atoms with Crippen LogP contribution in [0.5, 0.6) is 5.75 Å². The summed E-state index contributed by atoms with van der Waals surface area (Å²) in [4.78, 5) is 12.2. The molecule has 2 rings (SSSR count). The highest BCUT2D eigenvalue weighted by Gasteiger charge is 2.38.